The molecule has 9 nitrogen and oxygen atoms in total. The number of H-pyrrole nitrogens is 1. The second-order valence-electron chi connectivity index (χ2n) is 5.91. The summed E-state index contributed by atoms with van der Waals surface area (Å²) in [6.45, 7) is 1.15. The van der Waals surface area contributed by atoms with Gasteiger partial charge in [0.2, 0.25) is 0 Å². The molecular formula is C19H16N4O5. The van der Waals surface area contributed by atoms with E-state index in [0.29, 0.717) is 11.3 Å². The van der Waals surface area contributed by atoms with Crippen molar-refractivity contribution in [2.24, 2.45) is 0 Å². The Morgan fingerprint density at radius 1 is 1.18 bits per heavy atom. The number of carbonyl (C=O) groups is 2. The van der Waals surface area contributed by atoms with Gasteiger partial charge in [0.1, 0.15) is 5.69 Å². The number of aromatic amines is 1. The van der Waals surface area contributed by atoms with Gasteiger partial charge in [-0.25, -0.2) is 4.79 Å². The maximum absolute atomic E-state index is 12.1. The van der Waals surface area contributed by atoms with E-state index in [0.717, 1.165) is 5.56 Å². The molecule has 0 aliphatic heterocycles. The largest absolute Gasteiger partial charge is 0.451 e. The molecule has 1 heterocycles. The van der Waals surface area contributed by atoms with Gasteiger partial charge in [-0.05, 0) is 18.6 Å². The molecule has 0 saturated carbocycles. The van der Waals surface area contributed by atoms with E-state index >= 15 is 0 Å². The van der Waals surface area contributed by atoms with E-state index < -0.39 is 23.4 Å². The topological polar surface area (TPSA) is 127 Å². The predicted molar refractivity (Wildman–Crippen MR) is 101 cm³/mol. The van der Waals surface area contributed by atoms with Crippen LogP contribution in [-0.2, 0) is 9.53 Å². The van der Waals surface area contributed by atoms with Gasteiger partial charge < -0.3 is 10.1 Å². The molecule has 1 aromatic heterocycles. The average Bonchev–Trinajstić information content (AvgIpc) is 3.18. The third-order valence-corrected chi connectivity index (χ3v) is 3.91. The van der Waals surface area contributed by atoms with Crippen molar-refractivity contribution in [1.82, 2.24) is 10.2 Å². The van der Waals surface area contributed by atoms with E-state index in [9.17, 15) is 19.7 Å². The molecule has 2 N–H and O–H groups in total. The number of anilines is 1. The number of hydrogen-bond acceptors (Lipinski definition) is 6. The lowest BCUT2D eigenvalue weighted by molar-refractivity contribution is -0.384. The molecule has 142 valence electrons. The second kappa shape index (κ2) is 8.12. The Labute approximate surface area is 159 Å². The zero-order valence-electron chi connectivity index (χ0n) is 14.8. The number of aromatic nitrogens is 2. The van der Waals surface area contributed by atoms with Crippen LogP contribution in [0.15, 0.2) is 54.6 Å². The highest BCUT2D eigenvalue weighted by molar-refractivity contribution is 5.95. The molecule has 0 spiro atoms. The van der Waals surface area contributed by atoms with Crippen molar-refractivity contribution < 1.29 is 19.2 Å². The van der Waals surface area contributed by atoms with Crippen molar-refractivity contribution in [2.45, 2.75) is 6.92 Å². The first-order chi connectivity index (χ1) is 13.4. The van der Waals surface area contributed by atoms with Crippen LogP contribution in [0.2, 0.25) is 0 Å². The van der Waals surface area contributed by atoms with Crippen LogP contribution < -0.4 is 5.32 Å². The Kier molecular flexibility index (Phi) is 5.45. The fourth-order valence-electron chi connectivity index (χ4n) is 2.44. The third-order valence-electron chi connectivity index (χ3n) is 3.91. The van der Waals surface area contributed by atoms with Gasteiger partial charge in [0.15, 0.2) is 6.61 Å². The molecule has 0 radical (unpaired) electrons. The van der Waals surface area contributed by atoms with Crippen molar-refractivity contribution >= 4 is 23.3 Å². The molecule has 28 heavy (non-hydrogen) atoms. The Hall–Kier alpha value is -4.01. The van der Waals surface area contributed by atoms with Gasteiger partial charge in [-0.3, -0.25) is 20.0 Å². The molecule has 9 heteroatoms. The first-order valence-corrected chi connectivity index (χ1v) is 8.27. The maximum Gasteiger partial charge on any atom is 0.356 e. The summed E-state index contributed by atoms with van der Waals surface area (Å²) in [5, 5.41) is 20.0. The van der Waals surface area contributed by atoms with Crippen molar-refractivity contribution in [1.29, 1.82) is 0 Å². The van der Waals surface area contributed by atoms with Crippen LogP contribution in [0.4, 0.5) is 11.4 Å². The standard InChI is InChI=1S/C19H16N4O5/c1-12-7-8-14(23(26)27)9-15(12)20-18(24)11-28-19(25)17-10-16(21-22-17)13-5-3-2-4-6-13/h2-10H,11H2,1H3,(H,20,24)(H,21,22). The van der Waals surface area contributed by atoms with Crippen LogP contribution >= 0.6 is 0 Å². The summed E-state index contributed by atoms with van der Waals surface area (Å²) >= 11 is 0. The molecular weight excluding hydrogens is 364 g/mol. The van der Waals surface area contributed by atoms with Gasteiger partial charge in [-0.1, -0.05) is 36.4 Å². The summed E-state index contributed by atoms with van der Waals surface area (Å²) in [5.74, 6) is -1.35. The monoisotopic (exact) mass is 380 g/mol. The molecule has 0 aliphatic rings. The minimum atomic E-state index is -0.736. The molecule has 1 amide bonds. The van der Waals surface area contributed by atoms with Gasteiger partial charge in [-0.2, -0.15) is 5.10 Å². The first-order valence-electron chi connectivity index (χ1n) is 8.27. The summed E-state index contributed by atoms with van der Waals surface area (Å²) in [6, 6.07) is 14.9. The number of carbonyl (C=O) groups excluding carboxylic acids is 2. The Morgan fingerprint density at radius 3 is 2.64 bits per heavy atom. The second-order valence-corrected chi connectivity index (χ2v) is 5.91. The minimum absolute atomic E-state index is 0.109. The molecule has 0 atom stereocenters. The average molecular weight is 380 g/mol. The summed E-state index contributed by atoms with van der Waals surface area (Å²) in [4.78, 5) is 34.4. The van der Waals surface area contributed by atoms with Gasteiger partial charge in [-0.15, -0.1) is 0 Å². The fourth-order valence-corrected chi connectivity index (χ4v) is 2.44. The normalized spacial score (nSPS) is 10.3. The third kappa shape index (κ3) is 4.39. The zero-order chi connectivity index (χ0) is 20.1. The Balaban J connectivity index is 1.59. The lowest BCUT2D eigenvalue weighted by Crippen LogP contribution is -2.21. The van der Waals surface area contributed by atoms with E-state index in [4.69, 9.17) is 4.74 Å². The van der Waals surface area contributed by atoms with E-state index in [1.54, 1.807) is 6.92 Å². The molecule has 3 aromatic rings. The smallest absolute Gasteiger partial charge is 0.356 e. The van der Waals surface area contributed by atoms with Crippen LogP contribution in [0.3, 0.4) is 0 Å². The van der Waals surface area contributed by atoms with Gasteiger partial charge in [0, 0.05) is 17.7 Å². The van der Waals surface area contributed by atoms with Crippen LogP contribution in [0.25, 0.3) is 11.3 Å². The minimum Gasteiger partial charge on any atom is -0.451 e. The summed E-state index contributed by atoms with van der Waals surface area (Å²) in [5.41, 5.74) is 2.29. The number of nitrogens with zero attached hydrogens (tertiary/aromatic N) is 2. The summed E-state index contributed by atoms with van der Waals surface area (Å²) in [6.07, 6.45) is 0. The van der Waals surface area contributed by atoms with Gasteiger partial charge in [0.05, 0.1) is 16.3 Å². The van der Waals surface area contributed by atoms with E-state index in [2.05, 4.69) is 15.5 Å². The molecule has 3 rings (SSSR count). The van der Waals surface area contributed by atoms with Crippen LogP contribution in [0.5, 0.6) is 0 Å². The SMILES string of the molecule is Cc1ccc([N+](=O)[O-])cc1NC(=O)COC(=O)c1cc(-c2ccccc2)n[nH]1. The number of nitrogens with one attached hydrogen (secondary N) is 2. The van der Waals surface area contributed by atoms with Crippen molar-refractivity contribution in [2.75, 3.05) is 11.9 Å². The Bertz CT molecular complexity index is 1030. The number of amides is 1. The number of nitro groups is 1. The van der Waals surface area contributed by atoms with Crippen LogP contribution in [0.1, 0.15) is 16.1 Å². The number of benzene rings is 2. The van der Waals surface area contributed by atoms with Gasteiger partial charge >= 0.3 is 5.97 Å². The summed E-state index contributed by atoms with van der Waals surface area (Å²) in [7, 11) is 0. The maximum atomic E-state index is 12.1. The number of ether oxygens (including phenoxy) is 1. The lowest BCUT2D eigenvalue weighted by Gasteiger charge is -2.08. The number of rotatable bonds is 6. The van der Waals surface area contributed by atoms with E-state index in [1.807, 2.05) is 30.3 Å². The number of non-ortho nitro benzene ring substituents is 1. The zero-order valence-corrected chi connectivity index (χ0v) is 14.8. The molecule has 2 aromatic carbocycles. The predicted octanol–water partition coefficient (Wildman–Crippen LogP) is 3.09. The van der Waals surface area contributed by atoms with Crippen molar-refractivity contribution in [3.63, 3.8) is 0 Å². The van der Waals surface area contributed by atoms with Crippen LogP contribution in [0, 0.1) is 17.0 Å². The van der Waals surface area contributed by atoms with E-state index in [1.165, 1.54) is 24.3 Å². The summed E-state index contributed by atoms with van der Waals surface area (Å²) < 4.78 is 4.97. The number of hydrogen-bond donors (Lipinski definition) is 2. The quantitative estimate of drug-likeness (QED) is 0.384. The van der Waals surface area contributed by atoms with Gasteiger partial charge in [0.25, 0.3) is 11.6 Å². The lowest BCUT2D eigenvalue weighted by atomic mass is 10.1. The van der Waals surface area contributed by atoms with Crippen molar-refractivity contribution in [3.05, 3.63) is 76.0 Å². The molecule has 0 saturated heterocycles. The molecule has 0 fully saturated rings. The molecule has 0 unspecified atom stereocenters. The fraction of sp³-hybridized carbons (Fsp3) is 0.105. The Morgan fingerprint density at radius 2 is 1.93 bits per heavy atom. The van der Waals surface area contributed by atoms with Crippen molar-refractivity contribution in [3.8, 4) is 11.3 Å². The number of aryl methyl sites for hydroxylation is 1. The number of nitro benzene ring substituents is 1. The highest BCUT2D eigenvalue weighted by Gasteiger charge is 2.16. The highest BCUT2D eigenvalue weighted by atomic mass is 16.6. The molecule has 0 aliphatic carbocycles. The number of esters is 1. The van der Waals surface area contributed by atoms with Crippen LogP contribution in [-0.4, -0.2) is 33.6 Å². The first kappa shape index (κ1) is 18.8. The van der Waals surface area contributed by atoms with E-state index in [-0.39, 0.29) is 17.1 Å². The molecule has 0 bridgehead atoms. The highest BCUT2D eigenvalue weighted by Crippen LogP contribution is 2.22.